The van der Waals surface area contributed by atoms with E-state index in [0.717, 1.165) is 28.3 Å². The number of benzene rings is 10. The van der Waals surface area contributed by atoms with Crippen molar-refractivity contribution in [1.82, 2.24) is 4.57 Å². The summed E-state index contributed by atoms with van der Waals surface area (Å²) < 4.78 is 2.44. The standard InChI is InChI=1S/C58H40N2/c1-3-16-41(17-4-1)43-32-36-48(37-33-43)59(54-26-12-9-22-50(54)47-31-30-42-18-7-8-21-46(42)40-47)49-38-34-44(35-39-49)51-25-15-29-57(58(51)45-19-5-2-6-20-45)60-55-27-13-10-23-52(55)53-24-11-14-28-56(53)60/h1-40H. The third kappa shape index (κ3) is 6.23. The maximum absolute atomic E-state index is 2.44. The van der Waals surface area contributed by atoms with Crippen LogP contribution in [0.5, 0.6) is 0 Å². The summed E-state index contributed by atoms with van der Waals surface area (Å²) in [7, 11) is 0. The quantitative estimate of drug-likeness (QED) is 0.150. The monoisotopic (exact) mass is 764 g/mol. The second-order valence-corrected chi connectivity index (χ2v) is 15.3. The second-order valence-electron chi connectivity index (χ2n) is 15.3. The molecule has 0 aliphatic carbocycles. The lowest BCUT2D eigenvalue weighted by molar-refractivity contribution is 1.18. The van der Waals surface area contributed by atoms with Crippen LogP contribution in [0.3, 0.4) is 0 Å². The molecule has 0 atom stereocenters. The number of rotatable bonds is 8. The molecule has 11 aromatic rings. The van der Waals surface area contributed by atoms with Gasteiger partial charge in [-0.1, -0.05) is 188 Å². The Hall–Kier alpha value is -7.94. The van der Waals surface area contributed by atoms with Gasteiger partial charge in [-0.05, 0) is 98.8 Å². The van der Waals surface area contributed by atoms with Crippen LogP contribution in [0, 0.1) is 0 Å². The van der Waals surface area contributed by atoms with Gasteiger partial charge in [-0.3, -0.25) is 0 Å². The van der Waals surface area contributed by atoms with Crippen molar-refractivity contribution in [1.29, 1.82) is 0 Å². The lowest BCUT2D eigenvalue weighted by Crippen LogP contribution is -2.11. The molecule has 60 heavy (non-hydrogen) atoms. The minimum Gasteiger partial charge on any atom is -0.310 e. The fourth-order valence-corrected chi connectivity index (χ4v) is 8.98. The van der Waals surface area contributed by atoms with Crippen molar-refractivity contribution in [3.8, 4) is 50.2 Å². The fourth-order valence-electron chi connectivity index (χ4n) is 8.98. The molecule has 0 N–H and O–H groups in total. The number of nitrogens with zero attached hydrogens (tertiary/aromatic N) is 2. The van der Waals surface area contributed by atoms with Gasteiger partial charge in [-0.15, -0.1) is 0 Å². The van der Waals surface area contributed by atoms with Crippen LogP contribution in [0.25, 0.3) is 82.8 Å². The van der Waals surface area contributed by atoms with E-state index in [-0.39, 0.29) is 0 Å². The molecular formula is C58H40N2. The van der Waals surface area contributed by atoms with Crippen LogP contribution in [-0.2, 0) is 0 Å². The number of hydrogen-bond donors (Lipinski definition) is 0. The zero-order chi connectivity index (χ0) is 39.8. The molecule has 0 amide bonds. The third-order valence-electron chi connectivity index (χ3n) is 11.8. The first kappa shape index (κ1) is 35.2. The van der Waals surface area contributed by atoms with E-state index < -0.39 is 0 Å². The summed E-state index contributed by atoms with van der Waals surface area (Å²) in [5.74, 6) is 0. The van der Waals surface area contributed by atoms with Crippen molar-refractivity contribution < 1.29 is 0 Å². The number of fused-ring (bicyclic) bond motifs is 4. The van der Waals surface area contributed by atoms with E-state index >= 15 is 0 Å². The molecule has 0 unspecified atom stereocenters. The van der Waals surface area contributed by atoms with Gasteiger partial charge < -0.3 is 9.47 Å². The molecule has 0 aliphatic heterocycles. The summed E-state index contributed by atoms with van der Waals surface area (Å²) in [6.45, 7) is 0. The van der Waals surface area contributed by atoms with Crippen LogP contribution >= 0.6 is 0 Å². The maximum Gasteiger partial charge on any atom is 0.0546 e. The fraction of sp³-hybridized carbons (Fsp3) is 0. The topological polar surface area (TPSA) is 8.17 Å². The van der Waals surface area contributed by atoms with Crippen LogP contribution in [0.4, 0.5) is 17.1 Å². The van der Waals surface area contributed by atoms with Gasteiger partial charge in [0.15, 0.2) is 0 Å². The molecule has 2 nitrogen and oxygen atoms in total. The first-order valence-electron chi connectivity index (χ1n) is 20.6. The molecule has 2 heteroatoms. The molecule has 0 radical (unpaired) electrons. The summed E-state index contributed by atoms with van der Waals surface area (Å²) in [4.78, 5) is 2.40. The summed E-state index contributed by atoms with van der Waals surface area (Å²) in [5.41, 5.74) is 16.3. The first-order chi connectivity index (χ1) is 29.8. The minimum absolute atomic E-state index is 1.08. The molecule has 0 saturated carbocycles. The van der Waals surface area contributed by atoms with Crippen LogP contribution in [0.15, 0.2) is 243 Å². The molecule has 282 valence electrons. The highest BCUT2D eigenvalue weighted by molar-refractivity contribution is 6.10. The highest BCUT2D eigenvalue weighted by atomic mass is 15.1. The maximum atomic E-state index is 2.44. The van der Waals surface area contributed by atoms with E-state index in [0.29, 0.717) is 0 Å². The summed E-state index contributed by atoms with van der Waals surface area (Å²) in [6, 6.07) is 87.9. The van der Waals surface area contributed by atoms with Gasteiger partial charge in [-0.2, -0.15) is 0 Å². The molecule has 0 aliphatic rings. The van der Waals surface area contributed by atoms with Crippen molar-refractivity contribution in [2.24, 2.45) is 0 Å². The zero-order valence-corrected chi connectivity index (χ0v) is 33.0. The van der Waals surface area contributed by atoms with Crippen molar-refractivity contribution in [3.63, 3.8) is 0 Å². The highest BCUT2D eigenvalue weighted by Crippen LogP contribution is 2.45. The van der Waals surface area contributed by atoms with Crippen molar-refractivity contribution in [2.45, 2.75) is 0 Å². The smallest absolute Gasteiger partial charge is 0.0546 e. The van der Waals surface area contributed by atoms with Gasteiger partial charge in [0.25, 0.3) is 0 Å². The predicted octanol–water partition coefficient (Wildman–Crippen LogP) is 16.1. The van der Waals surface area contributed by atoms with Gasteiger partial charge in [0.2, 0.25) is 0 Å². The summed E-state index contributed by atoms with van der Waals surface area (Å²) in [5, 5.41) is 4.97. The highest BCUT2D eigenvalue weighted by Gasteiger charge is 2.21. The minimum atomic E-state index is 1.08. The van der Waals surface area contributed by atoms with E-state index in [4.69, 9.17) is 0 Å². The lowest BCUT2D eigenvalue weighted by Gasteiger charge is -2.28. The van der Waals surface area contributed by atoms with Crippen LogP contribution in [0.1, 0.15) is 0 Å². The Kier molecular flexibility index (Phi) is 8.87. The first-order valence-corrected chi connectivity index (χ1v) is 20.6. The number of hydrogen-bond acceptors (Lipinski definition) is 1. The number of para-hydroxylation sites is 3. The van der Waals surface area contributed by atoms with Gasteiger partial charge in [0.1, 0.15) is 0 Å². The Morgan fingerprint density at radius 2 is 0.800 bits per heavy atom. The largest absolute Gasteiger partial charge is 0.310 e. The Balaban J connectivity index is 1.07. The van der Waals surface area contributed by atoms with Gasteiger partial charge in [-0.25, -0.2) is 0 Å². The number of aromatic nitrogens is 1. The van der Waals surface area contributed by atoms with Crippen LogP contribution in [0.2, 0.25) is 0 Å². The molecule has 1 heterocycles. The Labute approximate surface area is 350 Å². The molecule has 1 aromatic heterocycles. The van der Waals surface area contributed by atoms with E-state index in [9.17, 15) is 0 Å². The second kappa shape index (κ2) is 15.1. The van der Waals surface area contributed by atoms with Gasteiger partial charge >= 0.3 is 0 Å². The van der Waals surface area contributed by atoms with E-state index in [2.05, 4.69) is 252 Å². The molecule has 0 spiro atoms. The Bertz CT molecular complexity index is 3240. The van der Waals surface area contributed by atoms with E-state index in [1.807, 2.05) is 0 Å². The van der Waals surface area contributed by atoms with Crippen molar-refractivity contribution in [2.75, 3.05) is 4.90 Å². The van der Waals surface area contributed by atoms with E-state index in [1.54, 1.807) is 0 Å². The van der Waals surface area contributed by atoms with Crippen molar-refractivity contribution in [3.05, 3.63) is 243 Å². The lowest BCUT2D eigenvalue weighted by atomic mass is 9.92. The van der Waals surface area contributed by atoms with Gasteiger partial charge in [0.05, 0.1) is 22.4 Å². The average molecular weight is 765 g/mol. The SMILES string of the molecule is c1ccc(-c2ccc(N(c3ccc(-c4cccc(-n5c6ccccc6c6ccccc65)c4-c4ccccc4)cc3)c3ccccc3-c3ccc4ccccc4c3)cc2)cc1. The molecule has 10 aromatic carbocycles. The predicted molar refractivity (Wildman–Crippen MR) is 255 cm³/mol. The van der Waals surface area contributed by atoms with Gasteiger partial charge in [0, 0.05) is 33.3 Å². The summed E-state index contributed by atoms with van der Waals surface area (Å²) >= 11 is 0. The zero-order valence-electron chi connectivity index (χ0n) is 33.0. The van der Waals surface area contributed by atoms with E-state index in [1.165, 1.54) is 71.5 Å². The molecule has 0 bridgehead atoms. The Morgan fingerprint density at radius 1 is 0.300 bits per heavy atom. The molecule has 11 rings (SSSR count). The van der Waals surface area contributed by atoms with Crippen molar-refractivity contribution >= 4 is 49.6 Å². The molecule has 0 saturated heterocycles. The molecular weight excluding hydrogens is 725 g/mol. The van der Waals surface area contributed by atoms with Crippen LogP contribution in [-0.4, -0.2) is 4.57 Å². The summed E-state index contributed by atoms with van der Waals surface area (Å²) in [6.07, 6.45) is 0. The normalized spacial score (nSPS) is 11.3. The molecule has 0 fully saturated rings. The van der Waals surface area contributed by atoms with Crippen LogP contribution < -0.4 is 4.90 Å². The third-order valence-corrected chi connectivity index (χ3v) is 11.8. The Morgan fingerprint density at radius 3 is 1.48 bits per heavy atom. The number of anilines is 3. The average Bonchev–Trinajstić information content (AvgIpc) is 3.67.